The van der Waals surface area contributed by atoms with E-state index in [1.54, 1.807) is 10.6 Å². The van der Waals surface area contributed by atoms with E-state index in [1.165, 1.54) is 0 Å². The molecule has 2 heterocycles. The summed E-state index contributed by atoms with van der Waals surface area (Å²) in [4.78, 5) is 17.3. The largest absolute Gasteiger partial charge is 0.322 e. The van der Waals surface area contributed by atoms with Crippen LogP contribution in [0, 0.1) is 11.3 Å². The second-order valence-electron chi connectivity index (χ2n) is 7.60. The minimum Gasteiger partial charge on any atom is -0.322 e. The number of hydrogen-bond donors (Lipinski definition) is 1. The van der Waals surface area contributed by atoms with E-state index < -0.39 is 0 Å². The summed E-state index contributed by atoms with van der Waals surface area (Å²) in [5.74, 6) is 0.481. The third kappa shape index (κ3) is 4.34. The molecule has 0 amide bonds. The summed E-state index contributed by atoms with van der Waals surface area (Å²) in [6.07, 6.45) is 2.25. The van der Waals surface area contributed by atoms with Crippen LogP contribution in [0.3, 0.4) is 0 Å². The Kier molecular flexibility index (Phi) is 5.36. The van der Waals surface area contributed by atoms with Gasteiger partial charge in [-0.25, -0.2) is 4.52 Å². The fraction of sp³-hybridized carbons (Fsp3) is 0.0370. The monoisotopic (exact) mass is 429 g/mol. The van der Waals surface area contributed by atoms with Gasteiger partial charge in [-0.2, -0.15) is 10.2 Å². The maximum absolute atomic E-state index is 12.8. The van der Waals surface area contributed by atoms with Crippen molar-refractivity contribution in [1.82, 2.24) is 14.6 Å². The summed E-state index contributed by atoms with van der Waals surface area (Å²) in [5.41, 5.74) is 5.36. The zero-order chi connectivity index (χ0) is 22.6. The lowest BCUT2D eigenvalue weighted by Gasteiger charge is -2.06. The van der Waals surface area contributed by atoms with Crippen molar-refractivity contribution in [2.24, 2.45) is 0 Å². The Labute approximate surface area is 190 Å². The lowest BCUT2D eigenvalue weighted by molar-refractivity contribution is 0.0993. The topological polar surface area (TPSA) is 83.1 Å². The molecule has 0 atom stereocenters. The van der Waals surface area contributed by atoms with Gasteiger partial charge in [-0.05, 0) is 41.5 Å². The minimum absolute atomic E-state index is 0.0764. The van der Waals surface area contributed by atoms with Crippen molar-refractivity contribution in [3.8, 4) is 17.2 Å². The average Bonchev–Trinajstić information content (AvgIpc) is 3.26. The molecule has 0 saturated carbocycles. The first-order chi connectivity index (χ1) is 16.2. The fourth-order valence-electron chi connectivity index (χ4n) is 3.67. The lowest BCUT2D eigenvalue weighted by atomic mass is 9.99. The molecular formula is C27H19N5O. The number of Topliss-reactive ketones (excluding diaryl/α,β-unsaturated/α-hetero) is 1. The number of rotatable bonds is 6. The highest BCUT2D eigenvalue weighted by atomic mass is 16.1. The van der Waals surface area contributed by atoms with Crippen LogP contribution in [0.2, 0.25) is 0 Å². The summed E-state index contributed by atoms with van der Waals surface area (Å²) in [7, 11) is 0. The molecular weight excluding hydrogens is 410 g/mol. The van der Waals surface area contributed by atoms with Gasteiger partial charge in [0, 0.05) is 23.7 Å². The number of aromatic nitrogens is 3. The molecule has 6 nitrogen and oxygen atoms in total. The van der Waals surface area contributed by atoms with Gasteiger partial charge in [0.05, 0.1) is 11.3 Å². The molecule has 0 aliphatic heterocycles. The molecule has 0 aliphatic rings. The third-order valence-corrected chi connectivity index (χ3v) is 5.35. The first kappa shape index (κ1) is 20.2. The van der Waals surface area contributed by atoms with Crippen LogP contribution >= 0.6 is 0 Å². The number of benzene rings is 3. The van der Waals surface area contributed by atoms with Crippen LogP contribution in [-0.2, 0) is 6.42 Å². The Hall–Kier alpha value is -4.76. The van der Waals surface area contributed by atoms with E-state index >= 15 is 0 Å². The van der Waals surface area contributed by atoms with Crippen molar-refractivity contribution in [1.29, 1.82) is 5.26 Å². The maximum Gasteiger partial charge on any atom is 0.247 e. The summed E-state index contributed by atoms with van der Waals surface area (Å²) in [5, 5.41) is 16.9. The third-order valence-electron chi connectivity index (χ3n) is 5.35. The molecule has 5 rings (SSSR count). The van der Waals surface area contributed by atoms with Gasteiger partial charge in [0.2, 0.25) is 5.95 Å². The number of carbonyl (C=O) groups excluding carboxylic acids is 1. The van der Waals surface area contributed by atoms with Crippen LogP contribution in [0.5, 0.6) is 0 Å². The summed E-state index contributed by atoms with van der Waals surface area (Å²) < 4.78 is 1.69. The average molecular weight is 429 g/mol. The molecule has 3 aromatic carbocycles. The van der Waals surface area contributed by atoms with Gasteiger partial charge in [-0.15, -0.1) is 5.10 Å². The van der Waals surface area contributed by atoms with Gasteiger partial charge in [0.25, 0.3) is 0 Å². The molecule has 0 radical (unpaired) electrons. The zero-order valence-electron chi connectivity index (χ0n) is 17.6. The zero-order valence-corrected chi connectivity index (χ0v) is 17.6. The number of nitrogens with one attached hydrogen (secondary N) is 1. The normalized spacial score (nSPS) is 10.6. The van der Waals surface area contributed by atoms with Crippen LogP contribution in [-0.4, -0.2) is 20.4 Å². The molecule has 0 aliphatic carbocycles. The number of nitriles is 1. The molecule has 0 fully saturated rings. The highest BCUT2D eigenvalue weighted by Gasteiger charge is 2.11. The SMILES string of the molecule is N#Cc1ccccc1Nc1nc2ccc(-c3cccc(C(=O)Cc4ccccc4)c3)cn2n1. The van der Waals surface area contributed by atoms with E-state index in [0.29, 0.717) is 34.8 Å². The number of carbonyl (C=O) groups is 1. The van der Waals surface area contributed by atoms with Crippen LogP contribution in [0.25, 0.3) is 16.8 Å². The number of para-hydroxylation sites is 1. The van der Waals surface area contributed by atoms with Crippen molar-refractivity contribution in [2.45, 2.75) is 6.42 Å². The van der Waals surface area contributed by atoms with Crippen molar-refractivity contribution >= 4 is 23.1 Å². The summed E-state index contributed by atoms with van der Waals surface area (Å²) in [6, 6.07) is 30.6. The Balaban J connectivity index is 1.41. The maximum atomic E-state index is 12.8. The number of anilines is 2. The molecule has 6 heteroatoms. The molecule has 33 heavy (non-hydrogen) atoms. The van der Waals surface area contributed by atoms with E-state index in [2.05, 4.69) is 21.5 Å². The van der Waals surface area contributed by atoms with Crippen LogP contribution in [0.4, 0.5) is 11.6 Å². The first-order valence-corrected chi connectivity index (χ1v) is 10.5. The first-order valence-electron chi connectivity index (χ1n) is 10.5. The lowest BCUT2D eigenvalue weighted by Crippen LogP contribution is -2.03. The van der Waals surface area contributed by atoms with Crippen molar-refractivity contribution in [3.05, 3.63) is 114 Å². The number of fused-ring (bicyclic) bond motifs is 1. The molecule has 158 valence electrons. The molecule has 0 bridgehead atoms. The molecule has 0 spiro atoms. The minimum atomic E-state index is 0.0764. The fourth-order valence-corrected chi connectivity index (χ4v) is 3.67. The number of pyridine rings is 1. The van der Waals surface area contributed by atoms with Gasteiger partial charge >= 0.3 is 0 Å². The Morgan fingerprint density at radius 3 is 2.58 bits per heavy atom. The van der Waals surface area contributed by atoms with E-state index in [9.17, 15) is 10.1 Å². The van der Waals surface area contributed by atoms with E-state index in [1.807, 2.05) is 91.1 Å². The van der Waals surface area contributed by atoms with E-state index in [-0.39, 0.29) is 5.78 Å². The van der Waals surface area contributed by atoms with Gasteiger partial charge in [0.1, 0.15) is 6.07 Å². The van der Waals surface area contributed by atoms with Crippen molar-refractivity contribution in [3.63, 3.8) is 0 Å². The molecule has 5 aromatic rings. The highest BCUT2D eigenvalue weighted by Crippen LogP contribution is 2.23. The van der Waals surface area contributed by atoms with E-state index in [0.717, 1.165) is 16.7 Å². The number of ketones is 1. The number of nitrogens with zero attached hydrogens (tertiary/aromatic N) is 4. The Morgan fingerprint density at radius 2 is 1.73 bits per heavy atom. The van der Waals surface area contributed by atoms with Crippen LogP contribution in [0.1, 0.15) is 21.5 Å². The van der Waals surface area contributed by atoms with Crippen molar-refractivity contribution < 1.29 is 4.79 Å². The molecule has 2 aromatic heterocycles. The van der Waals surface area contributed by atoms with Gasteiger partial charge in [-0.3, -0.25) is 4.79 Å². The molecule has 0 saturated heterocycles. The summed E-state index contributed by atoms with van der Waals surface area (Å²) >= 11 is 0. The Morgan fingerprint density at radius 1 is 0.909 bits per heavy atom. The highest BCUT2D eigenvalue weighted by molar-refractivity contribution is 5.98. The van der Waals surface area contributed by atoms with Crippen molar-refractivity contribution in [2.75, 3.05) is 5.32 Å². The van der Waals surface area contributed by atoms with E-state index in [4.69, 9.17) is 0 Å². The molecule has 0 unspecified atom stereocenters. The second-order valence-corrected chi connectivity index (χ2v) is 7.60. The molecule has 1 N–H and O–H groups in total. The Bertz CT molecular complexity index is 1500. The summed E-state index contributed by atoms with van der Waals surface area (Å²) in [6.45, 7) is 0. The standard InChI is InChI=1S/C27H19N5O/c28-17-22-9-4-5-12-24(22)29-27-30-26-14-13-23(18-32(26)31-27)20-10-6-11-21(16-20)25(33)15-19-7-2-1-3-8-19/h1-14,16,18H,15H2,(H,29,31). The van der Waals surface area contributed by atoms with Gasteiger partial charge in [0.15, 0.2) is 11.4 Å². The van der Waals surface area contributed by atoms with Gasteiger partial charge < -0.3 is 5.32 Å². The van der Waals surface area contributed by atoms with Crippen LogP contribution in [0.15, 0.2) is 97.2 Å². The quantitative estimate of drug-likeness (QED) is 0.364. The number of hydrogen-bond acceptors (Lipinski definition) is 5. The van der Waals surface area contributed by atoms with Gasteiger partial charge in [-0.1, -0.05) is 60.7 Å². The predicted octanol–water partition coefficient (Wildman–Crippen LogP) is 5.44. The second kappa shape index (κ2) is 8.77. The van der Waals surface area contributed by atoms with Crippen LogP contribution < -0.4 is 5.32 Å². The predicted molar refractivity (Wildman–Crippen MR) is 127 cm³/mol. The smallest absolute Gasteiger partial charge is 0.247 e.